The summed E-state index contributed by atoms with van der Waals surface area (Å²) in [5.74, 6) is -3.64. The van der Waals surface area contributed by atoms with E-state index in [9.17, 15) is 27.9 Å². The lowest BCUT2D eigenvalue weighted by atomic mass is 9.74. The number of nitrogens with zero attached hydrogens (tertiary/aromatic N) is 4. The highest BCUT2D eigenvalue weighted by Gasteiger charge is 2.57. The van der Waals surface area contributed by atoms with Crippen LogP contribution >= 0.6 is 38.3 Å². The second-order valence-electron chi connectivity index (χ2n) is 9.30. The summed E-state index contributed by atoms with van der Waals surface area (Å²) in [4.78, 5) is 50.8. The van der Waals surface area contributed by atoms with Gasteiger partial charge in [-0.2, -0.15) is 40.5 Å². The number of rotatable bonds is 15. The van der Waals surface area contributed by atoms with Crippen LogP contribution in [-0.4, -0.2) is 88.7 Å². The minimum Gasteiger partial charge on any atom is -0.489 e. The molecular formula is C24H37N7O10S4. The summed E-state index contributed by atoms with van der Waals surface area (Å²) in [6.07, 6.45) is -2.17. The Kier molecular flexibility index (Phi) is 16.0. The highest BCUT2D eigenvalue weighted by atomic mass is 32.3. The van der Waals surface area contributed by atoms with Gasteiger partial charge in [0, 0.05) is 23.9 Å². The number of hydrogen-bond acceptors (Lipinski definition) is 14. The molecule has 45 heavy (non-hydrogen) atoms. The number of aliphatic imine (C=N–C) groups is 1. The number of hydroxylamine groups is 2. The summed E-state index contributed by atoms with van der Waals surface area (Å²) in [5, 5.41) is 15.2. The summed E-state index contributed by atoms with van der Waals surface area (Å²) in [5.41, 5.74) is 15.8. The highest BCUT2D eigenvalue weighted by Crippen LogP contribution is 2.40. The van der Waals surface area contributed by atoms with Crippen molar-refractivity contribution in [3.8, 4) is 5.75 Å². The molecular weight excluding hydrogens is 675 g/mol. The van der Waals surface area contributed by atoms with Crippen molar-refractivity contribution in [3.05, 3.63) is 40.9 Å². The number of carboxylic acid groups (broad SMARTS) is 1. The van der Waals surface area contributed by atoms with Crippen molar-refractivity contribution < 1.29 is 46.3 Å². The monoisotopic (exact) mass is 711 g/mol. The number of nitrogen functional groups attached to an aromatic ring is 1. The molecule has 1 aromatic carbocycles. The molecule has 3 rings (SSSR count). The zero-order chi connectivity index (χ0) is 31.2. The van der Waals surface area contributed by atoms with Crippen molar-refractivity contribution >= 4 is 83.1 Å². The maximum absolute atomic E-state index is 13.2. The Morgan fingerprint density at radius 2 is 1.84 bits per heavy atom. The SMILES string of the molecule is C.CC1(C)C(CC(=O)/C(=N\O[C@@H](COc2ccc(C(N)=NCCN)cc2)C(=O)O)c2csc(N)n2)C(=O)N1OS(=O)(=O)O.S.S. The van der Waals surface area contributed by atoms with Gasteiger partial charge in [-0.3, -0.25) is 19.1 Å². The molecule has 2 heterocycles. The lowest BCUT2D eigenvalue weighted by Crippen LogP contribution is -2.68. The molecule has 21 heteroatoms. The molecule has 0 bridgehead atoms. The van der Waals surface area contributed by atoms with Gasteiger partial charge in [0.1, 0.15) is 23.9 Å². The largest absolute Gasteiger partial charge is 0.489 e. The number of ether oxygens (including phenoxy) is 1. The van der Waals surface area contributed by atoms with Crippen LogP contribution in [0.2, 0.25) is 0 Å². The lowest BCUT2D eigenvalue weighted by molar-refractivity contribution is -0.228. The molecule has 2 atom stereocenters. The summed E-state index contributed by atoms with van der Waals surface area (Å²) >= 11 is 0.975. The first-order valence-corrected chi connectivity index (χ1v) is 14.3. The average Bonchev–Trinajstić information content (AvgIpc) is 3.35. The number of aliphatic carboxylic acids is 1. The summed E-state index contributed by atoms with van der Waals surface area (Å²) < 4.78 is 40.8. The number of amides is 1. The fourth-order valence-corrected chi connectivity index (χ4v) is 4.72. The van der Waals surface area contributed by atoms with Gasteiger partial charge in [-0.15, -0.1) is 15.6 Å². The lowest BCUT2D eigenvalue weighted by Gasteiger charge is -2.50. The van der Waals surface area contributed by atoms with Gasteiger partial charge in [0.15, 0.2) is 16.6 Å². The van der Waals surface area contributed by atoms with Crippen molar-refractivity contribution in [2.24, 2.45) is 27.5 Å². The normalized spacial score (nSPS) is 16.7. The number of carboxylic acids is 1. The van der Waals surface area contributed by atoms with Crippen LogP contribution in [0, 0.1) is 5.92 Å². The Bertz CT molecular complexity index is 1500. The molecule has 8 N–H and O–H groups in total. The van der Waals surface area contributed by atoms with Gasteiger partial charge in [0.2, 0.25) is 0 Å². The van der Waals surface area contributed by atoms with Crippen LogP contribution in [0.4, 0.5) is 5.13 Å². The first-order chi connectivity index (χ1) is 19.6. The van der Waals surface area contributed by atoms with E-state index < -0.39 is 64.4 Å². The number of hydrogen-bond donors (Lipinski definition) is 5. The zero-order valence-electron chi connectivity index (χ0n) is 23.4. The number of ketones is 1. The molecule has 252 valence electrons. The Morgan fingerprint density at radius 3 is 2.33 bits per heavy atom. The molecule has 0 radical (unpaired) electrons. The van der Waals surface area contributed by atoms with E-state index in [1.54, 1.807) is 24.3 Å². The number of anilines is 1. The fraction of sp³-hybridized carbons (Fsp3) is 0.417. The molecule has 1 amide bonds. The second kappa shape index (κ2) is 17.3. The van der Waals surface area contributed by atoms with Gasteiger partial charge in [-0.25, -0.2) is 9.78 Å². The molecule has 1 aliphatic rings. The Hall–Kier alpha value is -3.47. The van der Waals surface area contributed by atoms with Crippen LogP contribution in [0.3, 0.4) is 0 Å². The maximum atomic E-state index is 13.2. The number of aromatic nitrogens is 1. The molecule has 0 spiro atoms. The van der Waals surface area contributed by atoms with E-state index in [4.69, 9.17) is 31.3 Å². The molecule has 1 aliphatic heterocycles. The van der Waals surface area contributed by atoms with Gasteiger partial charge in [0.05, 0.1) is 18.0 Å². The standard InChI is InChI=1S/C23H29N7O10S2.CH4.2H2S/c1-23(2)14(20(32)30(23)40-42(35,36)37)9-16(31)18(15-11-41-22(26)28-15)29-39-17(21(33)34)10-38-13-5-3-12(4-6-13)19(25)27-8-7-24;;;/h3-6,11,14,17H,7-10,24H2,1-2H3,(H2,25,27)(H2,26,28)(H,33,34)(H,35,36,37);1H4;2*1H2/b29-18-;;;/t14?,17-;;;/m0.../s1. The predicted molar refractivity (Wildman–Crippen MR) is 176 cm³/mol. The summed E-state index contributed by atoms with van der Waals surface area (Å²) in [7, 11) is -4.99. The van der Waals surface area contributed by atoms with Crippen molar-refractivity contribution in [2.45, 2.75) is 39.3 Å². The van der Waals surface area contributed by atoms with Gasteiger partial charge in [-0.05, 0) is 38.1 Å². The molecule has 2 aromatic rings. The third kappa shape index (κ3) is 10.8. The third-order valence-corrected chi connectivity index (χ3v) is 6.98. The summed E-state index contributed by atoms with van der Waals surface area (Å²) in [6.45, 7) is 3.02. The minimum atomic E-state index is -4.99. The maximum Gasteiger partial charge on any atom is 0.418 e. The van der Waals surface area contributed by atoms with E-state index >= 15 is 0 Å². The van der Waals surface area contributed by atoms with Crippen LogP contribution < -0.4 is 21.9 Å². The van der Waals surface area contributed by atoms with Crippen LogP contribution in [0.1, 0.15) is 39.0 Å². The Balaban J connectivity index is 0.00000645. The van der Waals surface area contributed by atoms with E-state index in [2.05, 4.69) is 19.4 Å². The number of thiazole rings is 1. The number of carbonyl (C=O) groups is 3. The van der Waals surface area contributed by atoms with Crippen molar-refractivity contribution in [1.82, 2.24) is 10.0 Å². The van der Waals surface area contributed by atoms with Crippen LogP contribution in [0.25, 0.3) is 0 Å². The number of oxime groups is 1. The van der Waals surface area contributed by atoms with Gasteiger partial charge < -0.3 is 31.9 Å². The minimum absolute atomic E-state index is 0. The molecule has 0 saturated carbocycles. The molecule has 17 nitrogen and oxygen atoms in total. The summed E-state index contributed by atoms with van der Waals surface area (Å²) in [6, 6.07) is 6.33. The molecule has 0 aliphatic carbocycles. The van der Waals surface area contributed by atoms with E-state index in [-0.39, 0.29) is 56.8 Å². The first-order valence-electron chi connectivity index (χ1n) is 12.1. The van der Waals surface area contributed by atoms with Crippen LogP contribution in [0.15, 0.2) is 39.8 Å². The Labute approximate surface area is 277 Å². The fourth-order valence-electron chi connectivity index (χ4n) is 3.72. The predicted octanol–water partition coefficient (Wildman–Crippen LogP) is 0.435. The third-order valence-electron chi connectivity index (χ3n) is 5.97. The molecule has 1 fully saturated rings. The zero-order valence-corrected chi connectivity index (χ0v) is 27.0. The number of carbonyl (C=O) groups excluding carboxylic acids is 2. The quantitative estimate of drug-likeness (QED) is 0.0551. The van der Waals surface area contributed by atoms with Crippen molar-refractivity contribution in [3.63, 3.8) is 0 Å². The number of β-lactam (4-membered cyclic amide) rings is 1. The van der Waals surface area contributed by atoms with E-state index in [1.165, 1.54) is 19.2 Å². The van der Waals surface area contributed by atoms with Gasteiger partial charge in [0.25, 0.3) is 12.0 Å². The average molecular weight is 712 g/mol. The second-order valence-corrected chi connectivity index (χ2v) is 11.2. The number of Topliss-reactive ketones (excluding diaryl/α,β-unsaturated/α-hetero) is 1. The Morgan fingerprint density at radius 1 is 1.22 bits per heavy atom. The highest BCUT2D eigenvalue weighted by molar-refractivity contribution is 7.80. The number of nitrogens with two attached hydrogens (primary N) is 3. The number of benzene rings is 1. The van der Waals surface area contributed by atoms with E-state index in [0.29, 0.717) is 23.7 Å². The molecule has 1 unspecified atom stereocenters. The van der Waals surface area contributed by atoms with E-state index in [1.807, 2.05) is 0 Å². The van der Waals surface area contributed by atoms with Crippen molar-refractivity contribution in [1.29, 1.82) is 0 Å². The van der Waals surface area contributed by atoms with E-state index in [0.717, 1.165) is 11.3 Å². The smallest absolute Gasteiger partial charge is 0.418 e. The number of amidine groups is 1. The van der Waals surface area contributed by atoms with Crippen LogP contribution in [-0.2, 0) is 33.9 Å². The first kappa shape index (κ1) is 41.5. The molecule has 1 aromatic heterocycles. The molecule has 1 saturated heterocycles. The topological polar surface area (TPSA) is 272 Å². The van der Waals surface area contributed by atoms with Gasteiger partial charge >= 0.3 is 16.4 Å². The van der Waals surface area contributed by atoms with Crippen molar-refractivity contribution in [2.75, 3.05) is 25.4 Å². The van der Waals surface area contributed by atoms with Crippen LogP contribution in [0.5, 0.6) is 5.75 Å². The van der Waals surface area contributed by atoms with Gasteiger partial charge in [-0.1, -0.05) is 12.6 Å².